The first kappa shape index (κ1) is 34.8. The third-order valence-corrected chi connectivity index (χ3v) is 10.7. The monoisotopic (exact) mass is 692 g/mol. The zero-order chi connectivity index (χ0) is 34.9. The number of piperazine rings is 1. The summed E-state index contributed by atoms with van der Waals surface area (Å²) in [6, 6.07) is 4.38. The van der Waals surface area contributed by atoms with Gasteiger partial charge in [-0.25, -0.2) is 9.78 Å². The quantitative estimate of drug-likeness (QED) is 0.374. The first-order chi connectivity index (χ1) is 23.4. The predicted molar refractivity (Wildman–Crippen MR) is 188 cm³/mol. The number of aryl methyl sites for hydroxylation is 1. The van der Waals surface area contributed by atoms with Crippen molar-refractivity contribution >= 4 is 34.2 Å². The molecular weight excluding hydrogens is 645 g/mol. The molecular formula is C34H48N10O4S. The van der Waals surface area contributed by atoms with Gasteiger partial charge in [0.05, 0.1) is 17.6 Å². The number of nitrogens with two attached hydrogens (primary N) is 1. The van der Waals surface area contributed by atoms with Crippen molar-refractivity contribution in [2.75, 3.05) is 81.6 Å². The molecule has 0 saturated carbocycles. The number of rotatable bonds is 7. The molecule has 1 amide bonds. The van der Waals surface area contributed by atoms with E-state index in [4.69, 9.17) is 34.7 Å². The fourth-order valence-electron chi connectivity index (χ4n) is 7.10. The highest BCUT2D eigenvalue weighted by Gasteiger charge is 2.43. The third-order valence-electron chi connectivity index (χ3n) is 9.63. The highest BCUT2D eigenvalue weighted by Crippen LogP contribution is 2.48. The molecule has 0 bridgehead atoms. The zero-order valence-corrected chi connectivity index (χ0v) is 30.3. The number of nitriles is 1. The number of carbonyl (C=O) groups excluding carboxylic acids is 1. The molecule has 0 spiro atoms. The van der Waals surface area contributed by atoms with E-state index >= 15 is 0 Å². The van der Waals surface area contributed by atoms with Crippen molar-refractivity contribution in [2.24, 2.45) is 0 Å². The highest BCUT2D eigenvalue weighted by atomic mass is 32.1. The standard InChI is InChI=1S/C34H48N10O4S/c1-22-21-41(17-18-46-6)11-8-12-44(22)31-37-24(19-26(38-31)42-13-15-43(16-14-42)32(45)47-33(2,3)4)29-39-30(48-40-29)34(5)10-7-9-25-27(34)23(20-35)28(36)49-25/h19,22H,7-18,21,36H2,1-6H3/t22-,34-/m0/s1. The van der Waals surface area contributed by atoms with E-state index in [0.29, 0.717) is 66.7 Å². The number of nitrogen functional groups attached to an aromatic ring is 1. The number of amides is 1. The molecule has 6 rings (SSSR count). The minimum Gasteiger partial charge on any atom is -0.444 e. The summed E-state index contributed by atoms with van der Waals surface area (Å²) >= 11 is 1.48. The molecule has 0 radical (unpaired) electrons. The Bertz CT molecular complexity index is 1690. The van der Waals surface area contributed by atoms with Crippen molar-refractivity contribution in [3.63, 3.8) is 0 Å². The Morgan fingerprint density at radius 3 is 2.65 bits per heavy atom. The molecule has 3 aliphatic rings. The summed E-state index contributed by atoms with van der Waals surface area (Å²) in [4.78, 5) is 37.6. The van der Waals surface area contributed by atoms with Gasteiger partial charge >= 0.3 is 6.09 Å². The number of aromatic nitrogens is 4. The first-order valence-corrected chi connectivity index (χ1v) is 18.0. The molecule has 15 heteroatoms. The number of fused-ring (bicyclic) bond motifs is 1. The van der Waals surface area contributed by atoms with Gasteiger partial charge in [-0.3, -0.25) is 4.90 Å². The SMILES string of the molecule is COCCN1CCCN(c2nc(-c3noc([C@@]4(C)CCCc5sc(N)c(C#N)c54)n3)cc(N3CCN(C(=O)OC(C)(C)C)CC3)n2)[C@@H](C)C1. The molecule has 0 unspecified atom stereocenters. The summed E-state index contributed by atoms with van der Waals surface area (Å²) in [5.41, 5.74) is 7.05. The van der Waals surface area contributed by atoms with Crippen LogP contribution in [0.2, 0.25) is 0 Å². The molecule has 5 heterocycles. The Morgan fingerprint density at radius 1 is 1.16 bits per heavy atom. The molecule has 3 aromatic rings. The zero-order valence-electron chi connectivity index (χ0n) is 29.5. The minimum absolute atomic E-state index is 0.153. The topological polar surface area (TPSA) is 163 Å². The smallest absolute Gasteiger partial charge is 0.410 e. The van der Waals surface area contributed by atoms with Gasteiger partial charge < -0.3 is 34.4 Å². The van der Waals surface area contributed by atoms with E-state index in [0.717, 1.165) is 68.1 Å². The van der Waals surface area contributed by atoms with Gasteiger partial charge in [0.2, 0.25) is 17.7 Å². The van der Waals surface area contributed by atoms with Crippen LogP contribution in [-0.2, 0) is 21.3 Å². The third kappa shape index (κ3) is 7.32. The molecule has 14 nitrogen and oxygen atoms in total. The van der Waals surface area contributed by atoms with Crippen molar-refractivity contribution in [1.82, 2.24) is 29.9 Å². The lowest BCUT2D eigenvalue weighted by molar-refractivity contribution is 0.0240. The maximum atomic E-state index is 12.8. The second kappa shape index (κ2) is 14.1. The van der Waals surface area contributed by atoms with Crippen molar-refractivity contribution in [3.8, 4) is 17.6 Å². The average Bonchev–Trinajstić information content (AvgIpc) is 3.65. The van der Waals surface area contributed by atoms with Gasteiger partial charge in [-0.1, -0.05) is 5.16 Å². The van der Waals surface area contributed by atoms with Gasteiger partial charge in [-0.15, -0.1) is 11.3 Å². The largest absolute Gasteiger partial charge is 0.444 e. The van der Waals surface area contributed by atoms with Crippen molar-refractivity contribution in [1.29, 1.82) is 5.26 Å². The number of thiophene rings is 1. The van der Waals surface area contributed by atoms with E-state index in [1.54, 1.807) is 12.0 Å². The van der Waals surface area contributed by atoms with Crippen LogP contribution in [0.3, 0.4) is 0 Å². The normalized spacial score (nSPS) is 22.1. The van der Waals surface area contributed by atoms with Gasteiger partial charge in [-0.05, 0) is 66.8 Å². The summed E-state index contributed by atoms with van der Waals surface area (Å²) in [5, 5.41) is 15.0. The van der Waals surface area contributed by atoms with Gasteiger partial charge in [0.25, 0.3) is 0 Å². The van der Waals surface area contributed by atoms with Gasteiger partial charge in [-0.2, -0.15) is 15.2 Å². The number of hydrogen-bond donors (Lipinski definition) is 1. The highest BCUT2D eigenvalue weighted by molar-refractivity contribution is 7.16. The van der Waals surface area contributed by atoms with E-state index in [1.165, 1.54) is 11.3 Å². The van der Waals surface area contributed by atoms with Crippen molar-refractivity contribution in [2.45, 2.75) is 77.4 Å². The fraction of sp³-hybridized carbons (Fsp3) is 0.647. The second-order valence-electron chi connectivity index (χ2n) is 14.4. The average molecular weight is 693 g/mol. The molecule has 2 N–H and O–H groups in total. The van der Waals surface area contributed by atoms with Crippen LogP contribution in [0.25, 0.3) is 11.5 Å². The van der Waals surface area contributed by atoms with Gasteiger partial charge in [0, 0.05) is 75.5 Å². The summed E-state index contributed by atoms with van der Waals surface area (Å²) in [6.07, 6.45) is 3.22. The maximum absolute atomic E-state index is 12.8. The van der Waals surface area contributed by atoms with Crippen LogP contribution < -0.4 is 15.5 Å². The van der Waals surface area contributed by atoms with Crippen LogP contribution >= 0.6 is 11.3 Å². The van der Waals surface area contributed by atoms with Crippen LogP contribution in [0.4, 0.5) is 21.6 Å². The Kier molecular flexibility index (Phi) is 10.0. The number of hydrogen-bond acceptors (Lipinski definition) is 14. The van der Waals surface area contributed by atoms with Crippen LogP contribution in [0, 0.1) is 11.3 Å². The molecule has 49 heavy (non-hydrogen) atoms. The lowest BCUT2D eigenvalue weighted by Crippen LogP contribution is -2.50. The lowest BCUT2D eigenvalue weighted by atomic mass is 9.72. The number of ether oxygens (including phenoxy) is 2. The van der Waals surface area contributed by atoms with Crippen LogP contribution in [0.15, 0.2) is 10.6 Å². The fourth-order valence-corrected chi connectivity index (χ4v) is 8.29. The summed E-state index contributed by atoms with van der Waals surface area (Å²) in [6.45, 7) is 16.3. The first-order valence-electron chi connectivity index (χ1n) is 17.2. The summed E-state index contributed by atoms with van der Waals surface area (Å²) in [7, 11) is 1.73. The Morgan fingerprint density at radius 2 is 1.94 bits per heavy atom. The molecule has 2 atom stereocenters. The van der Waals surface area contributed by atoms with Crippen molar-refractivity contribution in [3.05, 3.63) is 28.0 Å². The molecule has 264 valence electrons. The van der Waals surface area contributed by atoms with E-state index in [9.17, 15) is 10.1 Å². The van der Waals surface area contributed by atoms with Crippen LogP contribution in [-0.4, -0.2) is 114 Å². The molecule has 1 aliphatic carbocycles. The second-order valence-corrected chi connectivity index (χ2v) is 15.6. The summed E-state index contributed by atoms with van der Waals surface area (Å²) in [5.74, 6) is 2.17. The predicted octanol–water partition coefficient (Wildman–Crippen LogP) is 4.29. The number of anilines is 3. The van der Waals surface area contributed by atoms with Gasteiger partial charge in [0.1, 0.15) is 28.2 Å². The minimum atomic E-state index is -0.639. The molecule has 2 saturated heterocycles. The Balaban J connectivity index is 1.33. The van der Waals surface area contributed by atoms with E-state index in [2.05, 4.69) is 39.8 Å². The summed E-state index contributed by atoms with van der Waals surface area (Å²) < 4.78 is 17.0. The van der Waals surface area contributed by atoms with E-state index in [1.807, 2.05) is 26.8 Å². The molecule has 3 aromatic heterocycles. The maximum Gasteiger partial charge on any atom is 0.410 e. The van der Waals surface area contributed by atoms with Crippen LogP contribution in [0.1, 0.15) is 75.8 Å². The lowest BCUT2D eigenvalue weighted by Gasteiger charge is -2.36. The van der Waals surface area contributed by atoms with Gasteiger partial charge in [0.15, 0.2) is 0 Å². The molecule has 0 aromatic carbocycles. The number of carbonyl (C=O) groups is 1. The van der Waals surface area contributed by atoms with Crippen LogP contribution in [0.5, 0.6) is 0 Å². The van der Waals surface area contributed by atoms with E-state index < -0.39 is 11.0 Å². The van der Waals surface area contributed by atoms with E-state index in [-0.39, 0.29) is 12.1 Å². The molecule has 2 fully saturated rings. The Labute approximate surface area is 292 Å². The van der Waals surface area contributed by atoms with Crippen molar-refractivity contribution < 1.29 is 18.8 Å². The number of methoxy groups -OCH3 is 1. The molecule has 2 aliphatic heterocycles. The number of nitrogens with zero attached hydrogens (tertiary/aromatic N) is 9. The Hall–Kier alpha value is -4.00.